The van der Waals surface area contributed by atoms with Crippen LogP contribution in [-0.2, 0) is 11.8 Å². The lowest BCUT2D eigenvalue weighted by Gasteiger charge is -2.20. The molecule has 0 atom stereocenters. The number of carbonyl (C=O) groups excluding carboxylic acids is 1. The van der Waals surface area contributed by atoms with E-state index in [1.807, 2.05) is 13.8 Å². The smallest absolute Gasteiger partial charge is 0.305 e. The molecule has 1 aromatic heterocycles. The van der Waals surface area contributed by atoms with Crippen molar-refractivity contribution in [2.45, 2.75) is 27.2 Å². The Morgan fingerprint density at radius 1 is 1.39 bits per heavy atom. The molecule has 1 heterocycles. The molecule has 0 fully saturated rings. The predicted molar refractivity (Wildman–Crippen MR) is 66.5 cm³/mol. The third-order valence-corrected chi connectivity index (χ3v) is 2.99. The van der Waals surface area contributed by atoms with Gasteiger partial charge in [0.15, 0.2) is 0 Å². The molecule has 18 heavy (non-hydrogen) atoms. The molecule has 6 nitrogen and oxygen atoms in total. The Kier molecular flexibility index (Phi) is 4.47. The molecule has 0 bridgehead atoms. The minimum absolute atomic E-state index is 0.0437. The van der Waals surface area contributed by atoms with Crippen molar-refractivity contribution in [2.24, 2.45) is 7.05 Å². The molecule has 0 aliphatic heterocycles. The Hall–Kier alpha value is -1.85. The summed E-state index contributed by atoms with van der Waals surface area (Å²) < 4.78 is 1.66. The zero-order valence-corrected chi connectivity index (χ0v) is 11.2. The van der Waals surface area contributed by atoms with Crippen molar-refractivity contribution in [3.05, 3.63) is 17.0 Å². The van der Waals surface area contributed by atoms with Crippen molar-refractivity contribution in [3.63, 3.8) is 0 Å². The van der Waals surface area contributed by atoms with Gasteiger partial charge in [-0.15, -0.1) is 0 Å². The number of carbonyl (C=O) groups is 2. The van der Waals surface area contributed by atoms with Gasteiger partial charge in [0, 0.05) is 25.8 Å². The van der Waals surface area contributed by atoms with E-state index >= 15 is 0 Å². The van der Waals surface area contributed by atoms with Crippen molar-refractivity contribution < 1.29 is 14.7 Å². The molecule has 1 rings (SSSR count). The second kappa shape index (κ2) is 5.66. The molecule has 0 aliphatic rings. The summed E-state index contributed by atoms with van der Waals surface area (Å²) in [5, 5.41) is 12.9. The molecule has 1 aromatic rings. The minimum atomic E-state index is -0.902. The number of nitrogens with zero attached hydrogens (tertiary/aromatic N) is 3. The van der Waals surface area contributed by atoms with E-state index in [0.717, 1.165) is 5.69 Å². The molecule has 0 aliphatic carbocycles. The molecular formula is C12H19N3O3. The molecule has 0 saturated carbocycles. The first kappa shape index (κ1) is 14.2. The standard InChI is InChI=1S/C12H19N3O3/c1-5-15(7-6-10(16)17)12(18)11-8(2)13-14(4)9(11)3/h5-7H2,1-4H3,(H,16,17). The predicted octanol–water partition coefficient (Wildman–Crippen LogP) is 0.974. The van der Waals surface area contributed by atoms with Gasteiger partial charge in [0.1, 0.15) is 0 Å². The van der Waals surface area contributed by atoms with Crippen LogP contribution in [0.2, 0.25) is 0 Å². The second-order valence-corrected chi connectivity index (χ2v) is 4.20. The van der Waals surface area contributed by atoms with E-state index in [4.69, 9.17) is 5.11 Å². The van der Waals surface area contributed by atoms with Gasteiger partial charge >= 0.3 is 5.97 Å². The van der Waals surface area contributed by atoms with Gasteiger partial charge in [-0.05, 0) is 20.8 Å². The van der Waals surface area contributed by atoms with Crippen LogP contribution in [0.25, 0.3) is 0 Å². The van der Waals surface area contributed by atoms with Crippen molar-refractivity contribution in [2.75, 3.05) is 13.1 Å². The molecule has 100 valence electrons. The quantitative estimate of drug-likeness (QED) is 0.848. The average Bonchev–Trinajstić information content (AvgIpc) is 2.53. The maximum Gasteiger partial charge on any atom is 0.305 e. The van der Waals surface area contributed by atoms with Crippen molar-refractivity contribution in [1.29, 1.82) is 0 Å². The van der Waals surface area contributed by atoms with Crippen LogP contribution >= 0.6 is 0 Å². The van der Waals surface area contributed by atoms with Gasteiger partial charge in [0.05, 0.1) is 17.7 Å². The Morgan fingerprint density at radius 2 is 2.00 bits per heavy atom. The lowest BCUT2D eigenvalue weighted by Crippen LogP contribution is -2.33. The molecule has 6 heteroatoms. The van der Waals surface area contributed by atoms with Crippen molar-refractivity contribution in [1.82, 2.24) is 14.7 Å². The number of amides is 1. The number of hydrogen-bond donors (Lipinski definition) is 1. The van der Waals surface area contributed by atoms with E-state index in [9.17, 15) is 9.59 Å². The van der Waals surface area contributed by atoms with Crippen LogP contribution in [0, 0.1) is 13.8 Å². The molecule has 0 aromatic carbocycles. The number of rotatable bonds is 5. The molecule has 1 amide bonds. The lowest BCUT2D eigenvalue weighted by molar-refractivity contribution is -0.137. The molecule has 0 spiro atoms. The highest BCUT2D eigenvalue weighted by Gasteiger charge is 2.22. The van der Waals surface area contributed by atoms with E-state index in [2.05, 4.69) is 5.10 Å². The van der Waals surface area contributed by atoms with Gasteiger partial charge in [-0.25, -0.2) is 0 Å². The van der Waals surface area contributed by atoms with Crippen LogP contribution in [0.15, 0.2) is 0 Å². The average molecular weight is 253 g/mol. The number of carboxylic acids is 1. The number of hydrogen-bond acceptors (Lipinski definition) is 3. The van der Waals surface area contributed by atoms with E-state index < -0.39 is 5.97 Å². The van der Waals surface area contributed by atoms with Crippen LogP contribution in [0.4, 0.5) is 0 Å². The number of carboxylic acid groups (broad SMARTS) is 1. The van der Waals surface area contributed by atoms with Gasteiger partial charge in [-0.2, -0.15) is 5.10 Å². The second-order valence-electron chi connectivity index (χ2n) is 4.20. The zero-order valence-electron chi connectivity index (χ0n) is 11.2. The summed E-state index contributed by atoms with van der Waals surface area (Å²) in [6, 6.07) is 0. The first-order valence-electron chi connectivity index (χ1n) is 5.89. The van der Waals surface area contributed by atoms with Crippen LogP contribution in [0.1, 0.15) is 35.1 Å². The first-order valence-corrected chi connectivity index (χ1v) is 5.89. The zero-order chi connectivity index (χ0) is 13.9. The summed E-state index contributed by atoms with van der Waals surface area (Å²) in [6.07, 6.45) is -0.0437. The van der Waals surface area contributed by atoms with Gasteiger partial charge in [0.2, 0.25) is 0 Å². The highest BCUT2D eigenvalue weighted by molar-refractivity contribution is 5.96. The SMILES string of the molecule is CCN(CCC(=O)O)C(=O)c1c(C)nn(C)c1C. The summed E-state index contributed by atoms with van der Waals surface area (Å²) in [7, 11) is 1.78. The monoisotopic (exact) mass is 253 g/mol. The van der Waals surface area contributed by atoms with Crippen LogP contribution < -0.4 is 0 Å². The summed E-state index contributed by atoms with van der Waals surface area (Å²) >= 11 is 0. The van der Waals surface area contributed by atoms with Crippen LogP contribution in [0.5, 0.6) is 0 Å². The van der Waals surface area contributed by atoms with Crippen molar-refractivity contribution in [3.8, 4) is 0 Å². The van der Waals surface area contributed by atoms with E-state index in [1.165, 1.54) is 4.90 Å². The number of aliphatic carboxylic acids is 1. The lowest BCUT2D eigenvalue weighted by atomic mass is 10.1. The Labute approximate surface area is 106 Å². The molecular weight excluding hydrogens is 234 g/mol. The molecule has 0 unspecified atom stereocenters. The highest BCUT2D eigenvalue weighted by atomic mass is 16.4. The molecule has 0 radical (unpaired) electrons. The third-order valence-electron chi connectivity index (χ3n) is 2.99. The summed E-state index contributed by atoms with van der Waals surface area (Å²) in [4.78, 5) is 24.4. The van der Waals surface area contributed by atoms with Crippen LogP contribution in [-0.4, -0.2) is 44.8 Å². The minimum Gasteiger partial charge on any atom is -0.481 e. The third kappa shape index (κ3) is 2.88. The van der Waals surface area contributed by atoms with E-state index in [1.54, 1.807) is 18.7 Å². The topological polar surface area (TPSA) is 75.4 Å². The molecule has 1 N–H and O–H groups in total. The van der Waals surface area contributed by atoms with Gasteiger partial charge in [-0.1, -0.05) is 0 Å². The molecule has 0 saturated heterocycles. The Balaban J connectivity index is 2.93. The Bertz CT molecular complexity index is 465. The number of aryl methyl sites for hydroxylation is 2. The highest BCUT2D eigenvalue weighted by Crippen LogP contribution is 2.15. The maximum atomic E-state index is 12.3. The fourth-order valence-corrected chi connectivity index (χ4v) is 1.88. The summed E-state index contributed by atoms with van der Waals surface area (Å²) in [5.74, 6) is -1.05. The first-order chi connectivity index (χ1) is 8.38. The van der Waals surface area contributed by atoms with Gasteiger partial charge < -0.3 is 10.0 Å². The Morgan fingerprint density at radius 3 is 2.39 bits per heavy atom. The largest absolute Gasteiger partial charge is 0.481 e. The fourth-order valence-electron chi connectivity index (χ4n) is 1.88. The summed E-state index contributed by atoms with van der Waals surface area (Å²) in [6.45, 7) is 6.16. The van der Waals surface area contributed by atoms with E-state index in [-0.39, 0.29) is 18.9 Å². The van der Waals surface area contributed by atoms with Crippen LogP contribution in [0.3, 0.4) is 0 Å². The van der Waals surface area contributed by atoms with E-state index in [0.29, 0.717) is 17.8 Å². The van der Waals surface area contributed by atoms with Gasteiger partial charge in [0.25, 0.3) is 5.91 Å². The maximum absolute atomic E-state index is 12.3. The van der Waals surface area contributed by atoms with Gasteiger partial charge in [-0.3, -0.25) is 14.3 Å². The van der Waals surface area contributed by atoms with Crippen molar-refractivity contribution >= 4 is 11.9 Å². The summed E-state index contributed by atoms with van der Waals surface area (Å²) in [5.41, 5.74) is 2.05. The number of aromatic nitrogens is 2. The normalized spacial score (nSPS) is 10.4. The fraction of sp³-hybridized carbons (Fsp3) is 0.583.